The molecule has 1 unspecified atom stereocenters. The molecular weight excluding hydrogens is 576 g/mol. The highest BCUT2D eigenvalue weighted by Gasteiger charge is 2.31. The van der Waals surface area contributed by atoms with Crippen LogP contribution in [0.3, 0.4) is 0 Å². The molecule has 1 aromatic rings. The Morgan fingerprint density at radius 3 is 1.41 bits per heavy atom. The predicted octanol–water partition coefficient (Wildman–Crippen LogP) is 6.91. The number of hydrogen-bond acceptors (Lipinski definition) is 8. The maximum Gasteiger partial charge on any atom is 0.320 e. The maximum absolute atomic E-state index is 13.3. The lowest BCUT2D eigenvalue weighted by Crippen LogP contribution is -2.53. The molecule has 8 heteroatoms. The average molecular weight is 647 g/mol. The van der Waals surface area contributed by atoms with Crippen molar-refractivity contribution in [2.75, 3.05) is 58.1 Å². The minimum atomic E-state index is -0.578. The quantitative estimate of drug-likeness (QED) is 0.163. The van der Waals surface area contributed by atoms with E-state index in [1.165, 1.54) is 5.56 Å². The molecule has 2 N–H and O–H groups in total. The van der Waals surface area contributed by atoms with E-state index in [9.17, 15) is 9.59 Å². The Morgan fingerprint density at radius 2 is 1.02 bits per heavy atom. The zero-order valence-electron chi connectivity index (χ0n) is 32.3. The number of benzene rings is 1. The Labute approximate surface area is 282 Å². The third kappa shape index (κ3) is 20.9. The number of nitrogens with two attached hydrogens (primary N) is 1. The molecule has 0 saturated carbocycles. The zero-order valence-corrected chi connectivity index (χ0v) is 32.3. The number of hydrogen-bond donors (Lipinski definition) is 1. The first kappa shape index (κ1) is 41.9. The minimum absolute atomic E-state index is 0.0219. The molecule has 0 amide bonds. The van der Waals surface area contributed by atoms with Crippen molar-refractivity contribution in [3.05, 3.63) is 29.8 Å². The summed E-state index contributed by atoms with van der Waals surface area (Å²) in [6, 6.07) is 8.27. The molecule has 0 aliphatic rings. The molecule has 266 valence electrons. The largest absolute Gasteiger partial charge is 0.459 e. The van der Waals surface area contributed by atoms with Crippen molar-refractivity contribution in [3.63, 3.8) is 0 Å². The van der Waals surface area contributed by atoms with Gasteiger partial charge in [0.15, 0.2) is 0 Å². The van der Waals surface area contributed by atoms with Gasteiger partial charge in [0.05, 0.1) is 13.1 Å². The van der Waals surface area contributed by atoms with Crippen LogP contribution >= 0.6 is 0 Å². The van der Waals surface area contributed by atoms with Crippen molar-refractivity contribution in [1.29, 1.82) is 0 Å². The molecule has 0 saturated heterocycles. The molecule has 1 atom stereocenters. The summed E-state index contributed by atoms with van der Waals surface area (Å²) >= 11 is 0. The molecule has 1 rings (SSSR count). The summed E-state index contributed by atoms with van der Waals surface area (Å²) in [5.41, 5.74) is 7.01. The lowest BCUT2D eigenvalue weighted by molar-refractivity contribution is -0.158. The number of nitrogens with zero attached hydrogens (tertiary/aromatic N) is 3. The standard InChI is InChI=1S/C38H70N4O4/c1-34(2,3)26-41(25-33(44)46-38(13,14)15)21-20-40(24-32(43)45-37(10,11)12)23-31(22-29-16-18-30(39)19-17-29)42(27-35(4,5)6)28-36(7,8)9/h16-19,31H,20-28,39H2,1-15H3. The molecule has 0 spiro atoms. The van der Waals surface area contributed by atoms with Gasteiger partial charge in [-0.1, -0.05) is 74.4 Å². The summed E-state index contributed by atoms with van der Waals surface area (Å²) in [5.74, 6) is -0.482. The Bertz CT molecular complexity index is 1050. The van der Waals surface area contributed by atoms with E-state index < -0.39 is 11.2 Å². The average Bonchev–Trinajstić information content (AvgIpc) is 2.77. The Kier molecular flexibility index (Phi) is 15.3. The Balaban J connectivity index is 3.49. The van der Waals surface area contributed by atoms with E-state index in [0.717, 1.165) is 31.7 Å². The second-order valence-corrected chi connectivity index (χ2v) is 18.8. The summed E-state index contributed by atoms with van der Waals surface area (Å²) in [4.78, 5) is 33.2. The van der Waals surface area contributed by atoms with Crippen LogP contribution in [0.1, 0.15) is 109 Å². The molecule has 1 aromatic carbocycles. The van der Waals surface area contributed by atoms with Crippen LogP contribution < -0.4 is 5.73 Å². The van der Waals surface area contributed by atoms with Crippen molar-refractivity contribution >= 4 is 17.6 Å². The fourth-order valence-corrected chi connectivity index (χ4v) is 5.58. The van der Waals surface area contributed by atoms with Crippen molar-refractivity contribution in [1.82, 2.24) is 14.7 Å². The molecule has 0 radical (unpaired) electrons. The van der Waals surface area contributed by atoms with Crippen LogP contribution in [0.25, 0.3) is 0 Å². The van der Waals surface area contributed by atoms with Gasteiger partial charge in [0.25, 0.3) is 0 Å². The third-order valence-corrected chi connectivity index (χ3v) is 6.77. The molecular formula is C38H70N4O4. The first-order valence-corrected chi connectivity index (χ1v) is 17.1. The zero-order chi connectivity index (χ0) is 35.7. The number of rotatable bonds is 15. The van der Waals surface area contributed by atoms with Gasteiger partial charge >= 0.3 is 11.9 Å². The van der Waals surface area contributed by atoms with E-state index in [4.69, 9.17) is 15.2 Å². The highest BCUT2D eigenvalue weighted by molar-refractivity contribution is 5.72. The molecule has 46 heavy (non-hydrogen) atoms. The van der Waals surface area contributed by atoms with Gasteiger partial charge in [0, 0.05) is 51.0 Å². The summed E-state index contributed by atoms with van der Waals surface area (Å²) < 4.78 is 11.5. The molecule has 0 fully saturated rings. The van der Waals surface area contributed by atoms with Gasteiger partial charge in [-0.05, 0) is 81.9 Å². The third-order valence-electron chi connectivity index (χ3n) is 6.77. The van der Waals surface area contributed by atoms with E-state index >= 15 is 0 Å². The summed E-state index contributed by atoms with van der Waals surface area (Å²) in [6.07, 6.45) is 0.820. The van der Waals surface area contributed by atoms with Gasteiger partial charge in [-0.15, -0.1) is 0 Å². The highest BCUT2D eigenvalue weighted by atomic mass is 16.6. The van der Waals surface area contributed by atoms with E-state index in [1.807, 2.05) is 53.7 Å². The van der Waals surface area contributed by atoms with Crippen LogP contribution in [-0.2, 0) is 25.5 Å². The van der Waals surface area contributed by atoms with Crippen LogP contribution in [0.4, 0.5) is 5.69 Å². The highest BCUT2D eigenvalue weighted by Crippen LogP contribution is 2.25. The Hall–Kier alpha value is -2.16. The van der Waals surface area contributed by atoms with Crippen LogP contribution in [-0.4, -0.2) is 96.2 Å². The van der Waals surface area contributed by atoms with E-state index in [2.05, 4.69) is 89.1 Å². The van der Waals surface area contributed by atoms with Gasteiger partial charge in [0.2, 0.25) is 0 Å². The second-order valence-electron chi connectivity index (χ2n) is 18.8. The monoisotopic (exact) mass is 647 g/mol. The van der Waals surface area contributed by atoms with E-state index in [0.29, 0.717) is 19.6 Å². The normalized spacial score (nSPS) is 14.2. The molecule has 0 bridgehead atoms. The number of esters is 2. The minimum Gasteiger partial charge on any atom is -0.459 e. The number of nitrogen functional groups attached to an aromatic ring is 1. The van der Waals surface area contributed by atoms with E-state index in [1.54, 1.807) is 0 Å². The van der Waals surface area contributed by atoms with Crippen molar-refractivity contribution in [2.24, 2.45) is 16.2 Å². The van der Waals surface area contributed by atoms with Crippen LogP contribution in [0, 0.1) is 16.2 Å². The van der Waals surface area contributed by atoms with Crippen molar-refractivity contribution < 1.29 is 19.1 Å². The molecule has 0 heterocycles. The lowest BCUT2D eigenvalue weighted by atomic mass is 9.89. The lowest BCUT2D eigenvalue weighted by Gasteiger charge is -2.42. The first-order chi connectivity index (χ1) is 20.6. The van der Waals surface area contributed by atoms with Gasteiger partial charge < -0.3 is 15.2 Å². The number of carbonyl (C=O) groups is 2. The second kappa shape index (κ2) is 16.8. The topological polar surface area (TPSA) is 88.3 Å². The van der Waals surface area contributed by atoms with Crippen LogP contribution in [0.15, 0.2) is 24.3 Å². The number of anilines is 1. The summed E-state index contributed by atoms with van der Waals surface area (Å²) in [6.45, 7) is 36.4. The summed E-state index contributed by atoms with van der Waals surface area (Å²) in [5, 5.41) is 0. The van der Waals surface area contributed by atoms with Crippen molar-refractivity contribution in [3.8, 4) is 0 Å². The van der Waals surface area contributed by atoms with Gasteiger partial charge in [-0.2, -0.15) is 0 Å². The van der Waals surface area contributed by atoms with Gasteiger partial charge in [-0.3, -0.25) is 24.3 Å². The van der Waals surface area contributed by atoms with E-state index in [-0.39, 0.29) is 47.3 Å². The van der Waals surface area contributed by atoms with Crippen LogP contribution in [0.2, 0.25) is 0 Å². The van der Waals surface area contributed by atoms with Crippen molar-refractivity contribution in [2.45, 2.75) is 128 Å². The van der Waals surface area contributed by atoms with Gasteiger partial charge in [-0.25, -0.2) is 0 Å². The van der Waals surface area contributed by atoms with Crippen LogP contribution in [0.5, 0.6) is 0 Å². The molecule has 8 nitrogen and oxygen atoms in total. The predicted molar refractivity (Wildman–Crippen MR) is 193 cm³/mol. The number of carbonyl (C=O) groups excluding carboxylic acids is 2. The smallest absolute Gasteiger partial charge is 0.320 e. The Morgan fingerprint density at radius 1 is 0.630 bits per heavy atom. The SMILES string of the molecule is CC(C)(C)CN(CCN(CC(=O)OC(C)(C)C)CC(Cc1ccc(N)cc1)N(CC(C)(C)C)CC(C)(C)C)CC(=O)OC(C)(C)C. The number of ether oxygens (including phenoxy) is 2. The fraction of sp³-hybridized carbons (Fsp3) is 0.789. The fourth-order valence-electron chi connectivity index (χ4n) is 5.58. The summed E-state index contributed by atoms with van der Waals surface area (Å²) in [7, 11) is 0. The first-order valence-electron chi connectivity index (χ1n) is 17.1. The molecule has 0 aromatic heterocycles. The van der Waals surface area contributed by atoms with Gasteiger partial charge in [0.1, 0.15) is 11.2 Å². The molecule has 0 aliphatic heterocycles. The maximum atomic E-state index is 13.3. The molecule has 0 aliphatic carbocycles.